The molecule has 2 N–H and O–H groups in total. The number of ether oxygens (including phenoxy) is 3. The minimum Gasteiger partial charge on any atom is -0.495 e. The largest absolute Gasteiger partial charge is 0.495 e. The number of anilines is 1. The number of hydrogen-bond donors (Lipinski definition) is 2. The number of pyridine rings is 1. The average molecular weight is 502 g/mol. The van der Waals surface area contributed by atoms with E-state index in [2.05, 4.69) is 10.3 Å². The van der Waals surface area contributed by atoms with Crippen LogP contribution in [-0.2, 0) is 13.0 Å². The Morgan fingerprint density at radius 1 is 0.892 bits per heavy atom. The summed E-state index contributed by atoms with van der Waals surface area (Å²) in [4.78, 5) is 30.9. The van der Waals surface area contributed by atoms with Crippen molar-refractivity contribution in [1.29, 1.82) is 0 Å². The van der Waals surface area contributed by atoms with Crippen LogP contribution in [0.2, 0.25) is 0 Å². The third-order valence-corrected chi connectivity index (χ3v) is 6.19. The van der Waals surface area contributed by atoms with Gasteiger partial charge in [0.1, 0.15) is 5.75 Å². The van der Waals surface area contributed by atoms with Crippen molar-refractivity contribution in [1.82, 2.24) is 9.88 Å². The maximum atomic E-state index is 13.5. The molecule has 0 aliphatic heterocycles. The van der Waals surface area contributed by atoms with E-state index in [1.807, 2.05) is 61.5 Å². The highest BCUT2D eigenvalue weighted by Crippen LogP contribution is 2.28. The molecular weight excluding hydrogens is 470 g/mol. The van der Waals surface area contributed by atoms with Crippen molar-refractivity contribution in [2.75, 3.05) is 33.2 Å². The molecule has 1 heterocycles. The van der Waals surface area contributed by atoms with Crippen molar-refractivity contribution in [3.8, 4) is 17.2 Å². The fraction of sp³-hybridized carbons (Fsp3) is 0.241. The summed E-state index contributed by atoms with van der Waals surface area (Å²) in [5, 5.41) is 3.84. The Morgan fingerprint density at radius 3 is 2.41 bits per heavy atom. The Hall–Kier alpha value is -4.46. The normalized spacial score (nSPS) is 10.7. The number of urea groups is 1. The van der Waals surface area contributed by atoms with E-state index < -0.39 is 0 Å². The van der Waals surface area contributed by atoms with Crippen LogP contribution in [0.15, 0.2) is 71.5 Å². The molecule has 4 aromatic rings. The molecule has 0 atom stereocenters. The second-order valence-electron chi connectivity index (χ2n) is 8.71. The standard InChI is InChI=1S/C29H31N3O5/c1-19-9-11-21-17-22(28(33)30-24(21)15-19)18-32(29(34)31-23-7-5-6-8-25(23)35-2)14-13-20-10-12-26(36-3)27(16-20)37-4/h5-12,15-17H,13-14,18H2,1-4H3,(H,30,33)(H,31,34). The molecule has 2 amide bonds. The van der Waals surface area contributed by atoms with E-state index in [0.717, 1.165) is 22.0 Å². The predicted octanol–water partition coefficient (Wildman–Crippen LogP) is 5.14. The number of rotatable bonds is 9. The SMILES string of the molecule is COc1ccccc1NC(=O)N(CCc1ccc(OC)c(OC)c1)Cc1cc2ccc(C)cc2[nH]c1=O. The van der Waals surface area contributed by atoms with Crippen LogP contribution >= 0.6 is 0 Å². The van der Waals surface area contributed by atoms with Crippen LogP contribution in [0, 0.1) is 6.92 Å². The molecule has 0 aliphatic carbocycles. The van der Waals surface area contributed by atoms with Crippen molar-refractivity contribution in [3.63, 3.8) is 0 Å². The van der Waals surface area contributed by atoms with Crippen LogP contribution in [0.4, 0.5) is 10.5 Å². The Kier molecular flexibility index (Phi) is 7.98. The van der Waals surface area contributed by atoms with Gasteiger partial charge in [-0.1, -0.05) is 30.3 Å². The van der Waals surface area contributed by atoms with Crippen LogP contribution in [0.25, 0.3) is 10.9 Å². The number of nitrogens with one attached hydrogen (secondary N) is 2. The zero-order chi connectivity index (χ0) is 26.4. The van der Waals surface area contributed by atoms with E-state index in [1.165, 1.54) is 0 Å². The Bertz CT molecular complexity index is 1460. The van der Waals surface area contributed by atoms with Crippen molar-refractivity contribution >= 4 is 22.6 Å². The maximum Gasteiger partial charge on any atom is 0.322 e. The highest BCUT2D eigenvalue weighted by atomic mass is 16.5. The van der Waals surface area contributed by atoms with Gasteiger partial charge in [0.25, 0.3) is 5.56 Å². The molecule has 0 spiro atoms. The van der Waals surface area contributed by atoms with Gasteiger partial charge >= 0.3 is 6.03 Å². The molecule has 8 heteroatoms. The van der Waals surface area contributed by atoms with Gasteiger partial charge in [-0.2, -0.15) is 0 Å². The van der Waals surface area contributed by atoms with Crippen LogP contribution in [0.1, 0.15) is 16.7 Å². The first-order valence-corrected chi connectivity index (χ1v) is 11.9. The summed E-state index contributed by atoms with van der Waals surface area (Å²) in [6.07, 6.45) is 0.546. The van der Waals surface area contributed by atoms with Crippen LogP contribution in [0.5, 0.6) is 17.2 Å². The van der Waals surface area contributed by atoms with E-state index >= 15 is 0 Å². The molecule has 0 saturated carbocycles. The third kappa shape index (κ3) is 6.03. The summed E-state index contributed by atoms with van der Waals surface area (Å²) in [5.74, 6) is 1.80. The fourth-order valence-electron chi connectivity index (χ4n) is 4.18. The number of aromatic amines is 1. The van der Waals surface area contributed by atoms with Crippen molar-refractivity contribution in [2.24, 2.45) is 0 Å². The summed E-state index contributed by atoms with van der Waals surface area (Å²) >= 11 is 0. The maximum absolute atomic E-state index is 13.5. The number of methoxy groups -OCH3 is 3. The highest BCUT2D eigenvalue weighted by Gasteiger charge is 2.18. The first kappa shape index (κ1) is 25.6. The molecule has 0 aliphatic rings. The summed E-state index contributed by atoms with van der Waals surface area (Å²) in [6, 6.07) is 20.3. The second kappa shape index (κ2) is 11.5. The van der Waals surface area contributed by atoms with Crippen molar-refractivity contribution in [3.05, 3.63) is 93.8 Å². The number of hydrogen-bond acceptors (Lipinski definition) is 5. The lowest BCUT2D eigenvalue weighted by Gasteiger charge is -2.24. The number of carbonyl (C=O) groups is 1. The molecular formula is C29H31N3O5. The van der Waals surface area contributed by atoms with Crippen molar-refractivity contribution in [2.45, 2.75) is 19.9 Å². The smallest absolute Gasteiger partial charge is 0.322 e. The monoisotopic (exact) mass is 501 g/mol. The molecule has 192 valence electrons. The van der Waals surface area contributed by atoms with Gasteiger partial charge in [0.05, 0.1) is 33.6 Å². The van der Waals surface area contributed by atoms with Gasteiger partial charge in [0.15, 0.2) is 11.5 Å². The number of carbonyl (C=O) groups excluding carboxylic acids is 1. The molecule has 37 heavy (non-hydrogen) atoms. The molecule has 3 aromatic carbocycles. The fourth-order valence-corrected chi connectivity index (χ4v) is 4.18. The van der Waals surface area contributed by atoms with E-state index in [0.29, 0.717) is 41.5 Å². The third-order valence-electron chi connectivity index (χ3n) is 6.19. The molecule has 0 bridgehead atoms. The first-order valence-electron chi connectivity index (χ1n) is 11.9. The lowest BCUT2D eigenvalue weighted by atomic mass is 10.1. The lowest BCUT2D eigenvalue weighted by molar-refractivity contribution is 0.209. The Balaban J connectivity index is 1.62. The van der Waals surface area contributed by atoms with Crippen LogP contribution in [-0.4, -0.2) is 43.8 Å². The summed E-state index contributed by atoms with van der Waals surface area (Å²) in [7, 11) is 4.72. The number of amides is 2. The first-order chi connectivity index (χ1) is 17.9. The Labute approximate surface area is 215 Å². The van der Waals surface area contributed by atoms with Gasteiger partial charge in [-0.15, -0.1) is 0 Å². The van der Waals surface area contributed by atoms with E-state index in [1.54, 1.807) is 38.4 Å². The number of aromatic nitrogens is 1. The van der Waals surface area contributed by atoms with Gasteiger partial charge in [-0.05, 0) is 66.3 Å². The van der Waals surface area contributed by atoms with Crippen LogP contribution in [0.3, 0.4) is 0 Å². The predicted molar refractivity (Wildman–Crippen MR) is 145 cm³/mol. The van der Waals surface area contributed by atoms with E-state index in [9.17, 15) is 9.59 Å². The van der Waals surface area contributed by atoms with Gasteiger partial charge in [0, 0.05) is 17.6 Å². The van der Waals surface area contributed by atoms with Crippen molar-refractivity contribution < 1.29 is 19.0 Å². The number of benzene rings is 3. The quantitative estimate of drug-likeness (QED) is 0.331. The lowest BCUT2D eigenvalue weighted by Crippen LogP contribution is -2.37. The number of H-pyrrole nitrogens is 1. The number of fused-ring (bicyclic) bond motifs is 1. The number of nitrogens with zero attached hydrogens (tertiary/aromatic N) is 1. The number of aryl methyl sites for hydroxylation is 1. The molecule has 0 radical (unpaired) electrons. The van der Waals surface area contributed by atoms with E-state index in [4.69, 9.17) is 14.2 Å². The summed E-state index contributed by atoms with van der Waals surface area (Å²) in [5.41, 5.74) is 3.62. The topological polar surface area (TPSA) is 92.9 Å². The molecule has 8 nitrogen and oxygen atoms in total. The molecule has 0 saturated heterocycles. The Morgan fingerprint density at radius 2 is 1.65 bits per heavy atom. The van der Waals surface area contributed by atoms with Gasteiger partial charge in [-0.3, -0.25) is 4.79 Å². The van der Waals surface area contributed by atoms with Gasteiger partial charge < -0.3 is 29.4 Å². The van der Waals surface area contributed by atoms with Crippen LogP contribution < -0.4 is 25.1 Å². The van der Waals surface area contributed by atoms with Gasteiger partial charge in [-0.25, -0.2) is 4.79 Å². The van der Waals surface area contributed by atoms with E-state index in [-0.39, 0.29) is 18.1 Å². The molecule has 0 unspecified atom stereocenters. The highest BCUT2D eigenvalue weighted by molar-refractivity contribution is 5.91. The minimum atomic E-state index is -0.339. The average Bonchev–Trinajstić information content (AvgIpc) is 2.91. The molecule has 4 rings (SSSR count). The van der Waals surface area contributed by atoms with Gasteiger partial charge in [0.2, 0.25) is 0 Å². The molecule has 1 aromatic heterocycles. The second-order valence-corrected chi connectivity index (χ2v) is 8.71. The summed E-state index contributed by atoms with van der Waals surface area (Å²) in [6.45, 7) is 2.47. The number of para-hydroxylation sites is 2. The molecule has 0 fully saturated rings. The zero-order valence-electron chi connectivity index (χ0n) is 21.5. The summed E-state index contributed by atoms with van der Waals surface area (Å²) < 4.78 is 16.1. The zero-order valence-corrected chi connectivity index (χ0v) is 21.5. The minimum absolute atomic E-state index is 0.132.